The van der Waals surface area contributed by atoms with Crippen molar-refractivity contribution < 1.29 is 5.11 Å². The summed E-state index contributed by atoms with van der Waals surface area (Å²) in [5, 5.41) is 16.7. The Kier molecular flexibility index (Phi) is 4.86. The van der Waals surface area contributed by atoms with Crippen LogP contribution in [0.15, 0.2) is 29.8 Å². The zero-order chi connectivity index (χ0) is 15.4. The van der Waals surface area contributed by atoms with Crippen LogP contribution in [0.3, 0.4) is 0 Å². The van der Waals surface area contributed by atoms with Crippen LogP contribution in [-0.4, -0.2) is 27.7 Å². The number of hydrogen-bond acceptors (Lipinski definition) is 5. The van der Waals surface area contributed by atoms with Crippen molar-refractivity contribution in [1.82, 2.24) is 15.3 Å². The lowest BCUT2D eigenvalue weighted by Gasteiger charge is -2.38. The topological polar surface area (TPSA) is 58.0 Å². The van der Waals surface area contributed by atoms with Gasteiger partial charge in [0, 0.05) is 30.1 Å². The van der Waals surface area contributed by atoms with Crippen molar-refractivity contribution in [2.24, 2.45) is 5.41 Å². The van der Waals surface area contributed by atoms with Crippen LogP contribution in [0.5, 0.6) is 0 Å². The minimum absolute atomic E-state index is 0.00190. The van der Waals surface area contributed by atoms with Crippen LogP contribution in [0.2, 0.25) is 0 Å². The molecule has 5 heteroatoms. The number of aliphatic hydroxyl groups is 1. The summed E-state index contributed by atoms with van der Waals surface area (Å²) in [7, 11) is 0. The first-order valence-electron chi connectivity index (χ1n) is 7.92. The predicted molar refractivity (Wildman–Crippen MR) is 89.6 cm³/mol. The molecule has 22 heavy (non-hydrogen) atoms. The van der Waals surface area contributed by atoms with Gasteiger partial charge in [-0.2, -0.15) is 0 Å². The summed E-state index contributed by atoms with van der Waals surface area (Å²) in [6, 6.07) is 5.87. The van der Waals surface area contributed by atoms with Crippen molar-refractivity contribution in [3.63, 3.8) is 0 Å². The molecule has 2 atom stereocenters. The lowest BCUT2D eigenvalue weighted by molar-refractivity contribution is 0.00111. The normalized spacial score (nSPS) is 25.3. The van der Waals surface area contributed by atoms with E-state index in [1.165, 1.54) is 6.42 Å². The zero-order valence-electron chi connectivity index (χ0n) is 13.0. The number of nitrogens with one attached hydrogen (secondary N) is 1. The van der Waals surface area contributed by atoms with E-state index >= 15 is 0 Å². The van der Waals surface area contributed by atoms with E-state index in [4.69, 9.17) is 0 Å². The van der Waals surface area contributed by atoms with Crippen LogP contribution in [-0.2, 0) is 6.54 Å². The second-order valence-electron chi connectivity index (χ2n) is 6.38. The first-order chi connectivity index (χ1) is 10.7. The average molecular weight is 317 g/mol. The van der Waals surface area contributed by atoms with Crippen molar-refractivity contribution in [3.8, 4) is 10.7 Å². The van der Waals surface area contributed by atoms with Gasteiger partial charge in [0.2, 0.25) is 0 Å². The summed E-state index contributed by atoms with van der Waals surface area (Å²) in [5.41, 5.74) is 1.96. The Morgan fingerprint density at radius 1 is 1.41 bits per heavy atom. The Balaban J connectivity index is 1.55. The minimum Gasteiger partial charge on any atom is -0.393 e. The van der Waals surface area contributed by atoms with Gasteiger partial charge in [0.15, 0.2) is 0 Å². The van der Waals surface area contributed by atoms with Crippen LogP contribution in [0.4, 0.5) is 0 Å². The van der Waals surface area contributed by atoms with Gasteiger partial charge in [0.25, 0.3) is 0 Å². The molecule has 0 saturated heterocycles. The number of nitrogens with zero attached hydrogens (tertiary/aromatic N) is 2. The lowest BCUT2D eigenvalue weighted by Crippen LogP contribution is -2.43. The van der Waals surface area contributed by atoms with Gasteiger partial charge < -0.3 is 10.4 Å². The SMILES string of the molecule is CC1(CNCc2csc(-c3ccccn3)n2)CCCCC1O. The molecular weight excluding hydrogens is 294 g/mol. The molecule has 118 valence electrons. The molecule has 2 unspecified atom stereocenters. The highest BCUT2D eigenvalue weighted by Gasteiger charge is 2.34. The summed E-state index contributed by atoms with van der Waals surface area (Å²) in [6.07, 6.45) is 6.00. The van der Waals surface area contributed by atoms with E-state index in [9.17, 15) is 5.11 Å². The predicted octanol–water partition coefficient (Wildman–Crippen LogP) is 3.24. The molecule has 1 aliphatic rings. The van der Waals surface area contributed by atoms with E-state index in [1.807, 2.05) is 18.2 Å². The molecule has 0 amide bonds. The van der Waals surface area contributed by atoms with Crippen molar-refractivity contribution in [1.29, 1.82) is 0 Å². The first kappa shape index (κ1) is 15.6. The highest BCUT2D eigenvalue weighted by atomic mass is 32.1. The third-order valence-corrected chi connectivity index (χ3v) is 5.46. The van der Waals surface area contributed by atoms with Gasteiger partial charge >= 0.3 is 0 Å². The minimum atomic E-state index is -0.187. The fourth-order valence-electron chi connectivity index (χ4n) is 3.06. The largest absolute Gasteiger partial charge is 0.393 e. The molecule has 4 nitrogen and oxygen atoms in total. The Labute approximate surface area is 135 Å². The van der Waals surface area contributed by atoms with Crippen LogP contribution < -0.4 is 5.32 Å². The smallest absolute Gasteiger partial charge is 0.142 e. The molecule has 1 saturated carbocycles. The molecule has 2 N–H and O–H groups in total. The number of rotatable bonds is 5. The van der Waals surface area contributed by atoms with Crippen molar-refractivity contribution in [2.75, 3.05) is 6.54 Å². The summed E-state index contributed by atoms with van der Waals surface area (Å²) in [4.78, 5) is 8.97. The highest BCUT2D eigenvalue weighted by Crippen LogP contribution is 2.35. The van der Waals surface area contributed by atoms with Gasteiger partial charge in [-0.3, -0.25) is 4.98 Å². The molecule has 0 radical (unpaired) electrons. The highest BCUT2D eigenvalue weighted by molar-refractivity contribution is 7.13. The Morgan fingerprint density at radius 2 is 2.32 bits per heavy atom. The molecule has 2 heterocycles. The molecular formula is C17H23N3OS. The molecule has 2 aromatic rings. The van der Waals surface area contributed by atoms with E-state index in [-0.39, 0.29) is 11.5 Å². The number of thiazole rings is 1. The third kappa shape index (κ3) is 3.54. The third-order valence-electron chi connectivity index (χ3n) is 4.55. The maximum absolute atomic E-state index is 10.2. The Bertz CT molecular complexity index is 601. The molecule has 3 rings (SSSR count). The van der Waals surface area contributed by atoms with Gasteiger partial charge in [-0.15, -0.1) is 11.3 Å². The van der Waals surface area contributed by atoms with E-state index in [2.05, 4.69) is 27.6 Å². The summed E-state index contributed by atoms with van der Waals surface area (Å²) < 4.78 is 0. The second kappa shape index (κ2) is 6.86. The number of pyridine rings is 1. The monoisotopic (exact) mass is 317 g/mol. The van der Waals surface area contributed by atoms with Crippen molar-refractivity contribution in [2.45, 2.75) is 45.3 Å². The number of aliphatic hydroxyl groups excluding tert-OH is 1. The van der Waals surface area contributed by atoms with Crippen LogP contribution in [0.1, 0.15) is 38.3 Å². The Morgan fingerprint density at radius 3 is 3.09 bits per heavy atom. The van der Waals surface area contributed by atoms with E-state index in [0.717, 1.165) is 48.7 Å². The fraction of sp³-hybridized carbons (Fsp3) is 0.529. The fourth-order valence-corrected chi connectivity index (χ4v) is 3.85. The first-order valence-corrected chi connectivity index (χ1v) is 8.80. The van der Waals surface area contributed by atoms with Gasteiger partial charge in [-0.25, -0.2) is 4.98 Å². The van der Waals surface area contributed by atoms with Gasteiger partial charge in [-0.1, -0.05) is 25.8 Å². The zero-order valence-corrected chi connectivity index (χ0v) is 13.8. The van der Waals surface area contributed by atoms with Crippen molar-refractivity contribution >= 4 is 11.3 Å². The van der Waals surface area contributed by atoms with Crippen molar-refractivity contribution in [3.05, 3.63) is 35.5 Å². The maximum Gasteiger partial charge on any atom is 0.142 e. The number of aromatic nitrogens is 2. The summed E-state index contributed by atoms with van der Waals surface area (Å²) in [6.45, 7) is 3.76. The van der Waals surface area contributed by atoms with Crippen LogP contribution in [0.25, 0.3) is 10.7 Å². The van der Waals surface area contributed by atoms with E-state index in [0.29, 0.717) is 0 Å². The molecule has 0 aromatic carbocycles. The maximum atomic E-state index is 10.2. The standard InChI is InChI=1S/C17H23N3OS/c1-17(8-4-2-7-15(17)21)12-18-10-13-11-22-16(20-13)14-6-3-5-9-19-14/h3,5-6,9,11,15,18,21H,2,4,7-8,10,12H2,1H3. The molecule has 1 aliphatic carbocycles. The quantitative estimate of drug-likeness (QED) is 0.889. The van der Waals surface area contributed by atoms with Gasteiger partial charge in [-0.05, 0) is 25.0 Å². The van der Waals surface area contributed by atoms with Crippen LogP contribution in [0, 0.1) is 5.41 Å². The summed E-state index contributed by atoms with van der Waals surface area (Å²) in [5.74, 6) is 0. The summed E-state index contributed by atoms with van der Waals surface area (Å²) >= 11 is 1.63. The average Bonchev–Trinajstić information content (AvgIpc) is 3.00. The van der Waals surface area contributed by atoms with Gasteiger partial charge in [0.05, 0.1) is 17.5 Å². The van der Waals surface area contributed by atoms with E-state index in [1.54, 1.807) is 17.5 Å². The number of hydrogen-bond donors (Lipinski definition) is 2. The molecule has 0 bridgehead atoms. The van der Waals surface area contributed by atoms with Gasteiger partial charge in [0.1, 0.15) is 5.01 Å². The Hall–Kier alpha value is -1.30. The lowest BCUT2D eigenvalue weighted by atomic mass is 9.73. The van der Waals surface area contributed by atoms with Crippen LogP contribution >= 0.6 is 11.3 Å². The molecule has 1 fully saturated rings. The molecule has 0 spiro atoms. The van der Waals surface area contributed by atoms with E-state index < -0.39 is 0 Å². The molecule has 2 aromatic heterocycles. The second-order valence-corrected chi connectivity index (χ2v) is 7.24. The molecule has 0 aliphatic heterocycles.